The van der Waals surface area contributed by atoms with Crippen LogP contribution in [-0.4, -0.2) is 25.7 Å². The van der Waals surface area contributed by atoms with E-state index < -0.39 is 33.0 Å². The summed E-state index contributed by atoms with van der Waals surface area (Å²) in [6.07, 6.45) is 0.696. The van der Waals surface area contributed by atoms with E-state index in [1.54, 1.807) is 6.92 Å². The second-order valence-corrected chi connectivity index (χ2v) is 7.29. The fraction of sp³-hybridized carbons (Fsp3) is 0.571. The van der Waals surface area contributed by atoms with Gasteiger partial charge in [-0.3, -0.25) is 0 Å². The van der Waals surface area contributed by atoms with Crippen molar-refractivity contribution in [2.75, 3.05) is 6.54 Å². The first-order valence-corrected chi connectivity index (χ1v) is 8.36. The molecule has 0 aliphatic heterocycles. The van der Waals surface area contributed by atoms with Crippen LogP contribution in [0.15, 0.2) is 18.2 Å². The van der Waals surface area contributed by atoms with Gasteiger partial charge in [-0.2, -0.15) is 0 Å². The zero-order valence-corrected chi connectivity index (χ0v) is 13.2. The minimum atomic E-state index is -3.82. The molecule has 7 heteroatoms. The van der Waals surface area contributed by atoms with Crippen molar-refractivity contribution in [3.8, 4) is 0 Å². The van der Waals surface area contributed by atoms with E-state index in [1.807, 2.05) is 13.8 Å². The molecule has 0 radical (unpaired) electrons. The van der Waals surface area contributed by atoms with Gasteiger partial charge in [-0.1, -0.05) is 26.3 Å². The highest BCUT2D eigenvalue weighted by Crippen LogP contribution is 2.19. The number of benzene rings is 1. The fourth-order valence-corrected chi connectivity index (χ4v) is 3.02. The van der Waals surface area contributed by atoms with Crippen molar-refractivity contribution in [3.05, 3.63) is 35.4 Å². The summed E-state index contributed by atoms with van der Waals surface area (Å²) in [5, 5.41) is 10.2. The summed E-state index contributed by atoms with van der Waals surface area (Å²) < 4.78 is 52.3. The highest BCUT2D eigenvalue weighted by atomic mass is 32.2. The third-order valence-corrected chi connectivity index (χ3v) is 4.96. The van der Waals surface area contributed by atoms with Crippen LogP contribution >= 0.6 is 0 Å². The van der Waals surface area contributed by atoms with Crippen LogP contribution < -0.4 is 4.72 Å². The van der Waals surface area contributed by atoms with E-state index in [0.717, 1.165) is 12.1 Å². The topological polar surface area (TPSA) is 66.4 Å². The van der Waals surface area contributed by atoms with Crippen LogP contribution in [0.3, 0.4) is 0 Å². The molecule has 1 rings (SSSR count). The third kappa shape index (κ3) is 5.33. The van der Waals surface area contributed by atoms with Gasteiger partial charge in [0.15, 0.2) is 0 Å². The Morgan fingerprint density at radius 3 is 2.52 bits per heavy atom. The Morgan fingerprint density at radius 2 is 2.00 bits per heavy atom. The molecule has 0 heterocycles. The quantitative estimate of drug-likeness (QED) is 0.809. The molecule has 0 saturated carbocycles. The van der Waals surface area contributed by atoms with Crippen molar-refractivity contribution in [1.82, 2.24) is 4.72 Å². The summed E-state index contributed by atoms with van der Waals surface area (Å²) in [4.78, 5) is 0. The first-order valence-electron chi connectivity index (χ1n) is 6.71. The minimum absolute atomic E-state index is 0.0947. The molecule has 0 aliphatic rings. The van der Waals surface area contributed by atoms with E-state index in [9.17, 15) is 22.3 Å². The molecule has 0 bridgehead atoms. The van der Waals surface area contributed by atoms with Crippen molar-refractivity contribution in [2.24, 2.45) is 5.92 Å². The van der Waals surface area contributed by atoms with Crippen molar-refractivity contribution >= 4 is 10.0 Å². The normalized spacial score (nSPS) is 16.5. The van der Waals surface area contributed by atoms with Gasteiger partial charge in [-0.05, 0) is 18.9 Å². The molecule has 2 N–H and O–H groups in total. The van der Waals surface area contributed by atoms with E-state index in [4.69, 9.17) is 0 Å². The second kappa shape index (κ2) is 6.81. The SMILES string of the molecule is CCC(C)C(C)(O)CNS(=O)(=O)Cc1ccc(F)cc1F. The van der Waals surface area contributed by atoms with Gasteiger partial charge < -0.3 is 5.11 Å². The first kappa shape index (κ1) is 18.0. The molecule has 2 unspecified atom stereocenters. The van der Waals surface area contributed by atoms with Crippen LogP contribution in [0.2, 0.25) is 0 Å². The smallest absolute Gasteiger partial charge is 0.215 e. The summed E-state index contributed by atoms with van der Waals surface area (Å²) >= 11 is 0. The molecule has 0 amide bonds. The number of halogens is 2. The lowest BCUT2D eigenvalue weighted by Gasteiger charge is -2.29. The maximum Gasteiger partial charge on any atom is 0.215 e. The Bertz CT molecular complexity index is 588. The number of rotatable bonds is 7. The summed E-state index contributed by atoms with van der Waals surface area (Å²) in [6.45, 7) is 5.09. The first-order chi connectivity index (χ1) is 9.57. The molecule has 0 aromatic heterocycles. The number of hydrogen-bond acceptors (Lipinski definition) is 3. The molecule has 0 spiro atoms. The molecule has 0 saturated heterocycles. The van der Waals surface area contributed by atoms with Gasteiger partial charge in [0.1, 0.15) is 11.6 Å². The van der Waals surface area contributed by atoms with Gasteiger partial charge in [0, 0.05) is 18.2 Å². The number of aliphatic hydroxyl groups is 1. The Labute approximate surface area is 124 Å². The van der Waals surface area contributed by atoms with Gasteiger partial charge >= 0.3 is 0 Å². The minimum Gasteiger partial charge on any atom is -0.389 e. The number of sulfonamides is 1. The molecule has 120 valence electrons. The van der Waals surface area contributed by atoms with Crippen LogP contribution in [0.25, 0.3) is 0 Å². The molecular weight excluding hydrogens is 300 g/mol. The second-order valence-electron chi connectivity index (χ2n) is 5.48. The van der Waals surface area contributed by atoms with Gasteiger partial charge in [0.05, 0.1) is 11.4 Å². The largest absolute Gasteiger partial charge is 0.389 e. The summed E-state index contributed by atoms with van der Waals surface area (Å²) in [6, 6.07) is 2.74. The molecule has 4 nitrogen and oxygen atoms in total. The van der Waals surface area contributed by atoms with E-state index in [-0.39, 0.29) is 18.0 Å². The van der Waals surface area contributed by atoms with E-state index in [0.29, 0.717) is 12.5 Å². The lowest BCUT2D eigenvalue weighted by Crippen LogP contribution is -2.45. The van der Waals surface area contributed by atoms with Crippen LogP contribution in [0.4, 0.5) is 8.78 Å². The van der Waals surface area contributed by atoms with Gasteiger partial charge in [0.25, 0.3) is 0 Å². The third-order valence-electron chi connectivity index (χ3n) is 3.68. The van der Waals surface area contributed by atoms with Crippen LogP contribution in [0.1, 0.15) is 32.8 Å². The van der Waals surface area contributed by atoms with Gasteiger partial charge in [0.2, 0.25) is 10.0 Å². The van der Waals surface area contributed by atoms with E-state index in [2.05, 4.69) is 4.72 Å². The van der Waals surface area contributed by atoms with Gasteiger partial charge in [-0.15, -0.1) is 0 Å². The highest BCUT2D eigenvalue weighted by Gasteiger charge is 2.29. The maximum atomic E-state index is 13.5. The molecule has 1 aromatic rings. The molecule has 2 atom stereocenters. The molecule has 0 aliphatic carbocycles. The Kier molecular flexibility index (Phi) is 5.83. The average molecular weight is 321 g/mol. The Hall–Kier alpha value is -1.05. The molecular formula is C14H21F2NO3S. The van der Waals surface area contributed by atoms with E-state index in [1.165, 1.54) is 0 Å². The standard InChI is InChI=1S/C14H21F2NO3S/c1-4-10(2)14(3,18)9-17-21(19,20)8-11-5-6-12(15)7-13(11)16/h5-7,10,17-18H,4,8-9H2,1-3H3. The maximum absolute atomic E-state index is 13.5. The lowest BCUT2D eigenvalue weighted by atomic mass is 9.89. The van der Waals surface area contributed by atoms with Crippen LogP contribution in [-0.2, 0) is 15.8 Å². The zero-order valence-electron chi connectivity index (χ0n) is 12.4. The predicted molar refractivity (Wildman–Crippen MR) is 77.1 cm³/mol. The zero-order chi connectivity index (χ0) is 16.3. The van der Waals surface area contributed by atoms with Crippen molar-refractivity contribution in [3.63, 3.8) is 0 Å². The fourth-order valence-electron chi connectivity index (χ4n) is 1.76. The monoisotopic (exact) mass is 321 g/mol. The lowest BCUT2D eigenvalue weighted by molar-refractivity contribution is 0.0102. The number of hydrogen-bond donors (Lipinski definition) is 2. The van der Waals surface area contributed by atoms with Crippen molar-refractivity contribution in [2.45, 2.75) is 38.5 Å². The number of nitrogens with one attached hydrogen (secondary N) is 1. The Balaban J connectivity index is 2.75. The molecule has 21 heavy (non-hydrogen) atoms. The van der Waals surface area contributed by atoms with Crippen molar-refractivity contribution < 1.29 is 22.3 Å². The van der Waals surface area contributed by atoms with Crippen LogP contribution in [0.5, 0.6) is 0 Å². The Morgan fingerprint density at radius 1 is 1.38 bits per heavy atom. The van der Waals surface area contributed by atoms with Crippen LogP contribution in [0, 0.1) is 17.6 Å². The average Bonchev–Trinajstić information content (AvgIpc) is 2.39. The van der Waals surface area contributed by atoms with Crippen molar-refractivity contribution in [1.29, 1.82) is 0 Å². The van der Waals surface area contributed by atoms with Gasteiger partial charge in [-0.25, -0.2) is 21.9 Å². The summed E-state index contributed by atoms with van der Waals surface area (Å²) in [5.41, 5.74) is -1.31. The highest BCUT2D eigenvalue weighted by molar-refractivity contribution is 7.88. The summed E-state index contributed by atoms with van der Waals surface area (Å²) in [7, 11) is -3.82. The molecule has 1 aromatic carbocycles. The van der Waals surface area contributed by atoms with E-state index >= 15 is 0 Å². The summed E-state index contributed by atoms with van der Waals surface area (Å²) in [5.74, 6) is -2.37. The molecule has 0 fully saturated rings. The predicted octanol–water partition coefficient (Wildman–Crippen LogP) is 2.18.